The molecule has 13 heteroatoms. The monoisotopic (exact) mass is 477 g/mol. The number of hydrogen-bond donors (Lipinski definition) is 0. The predicted octanol–water partition coefficient (Wildman–Crippen LogP) is 0.349. The van der Waals surface area contributed by atoms with Gasteiger partial charge in [0.1, 0.15) is 6.07 Å². The molecule has 32 heavy (non-hydrogen) atoms. The van der Waals surface area contributed by atoms with E-state index < -0.39 is 10.0 Å². The summed E-state index contributed by atoms with van der Waals surface area (Å²) in [5.74, 6) is 0.0618. The lowest BCUT2D eigenvalue weighted by molar-refractivity contribution is -0.129. The number of hydrogen-bond acceptors (Lipinski definition) is 9. The largest absolute Gasteiger partial charge is 0.376 e. The van der Waals surface area contributed by atoms with Crippen LogP contribution in [0.3, 0.4) is 0 Å². The molecule has 0 bridgehead atoms. The van der Waals surface area contributed by atoms with Gasteiger partial charge in [0, 0.05) is 32.8 Å². The summed E-state index contributed by atoms with van der Waals surface area (Å²) in [7, 11) is -3.79. The highest BCUT2D eigenvalue weighted by Crippen LogP contribution is 2.22. The fourth-order valence-electron chi connectivity index (χ4n) is 3.71. The van der Waals surface area contributed by atoms with Crippen LogP contribution in [0.5, 0.6) is 0 Å². The first-order chi connectivity index (χ1) is 15.5. The molecule has 0 radical (unpaired) electrons. The van der Waals surface area contributed by atoms with Gasteiger partial charge < -0.3 is 9.64 Å². The molecule has 0 N–H and O–H groups in total. The summed E-state index contributed by atoms with van der Waals surface area (Å²) in [4.78, 5) is 14.3. The van der Waals surface area contributed by atoms with Crippen molar-refractivity contribution in [3.63, 3.8) is 0 Å². The normalized spacial score (nSPS) is 19.7. The van der Waals surface area contributed by atoms with E-state index in [1.807, 2.05) is 6.07 Å². The van der Waals surface area contributed by atoms with Crippen LogP contribution >= 0.6 is 11.8 Å². The molecule has 0 spiro atoms. The van der Waals surface area contributed by atoms with Gasteiger partial charge in [-0.3, -0.25) is 4.79 Å². The van der Waals surface area contributed by atoms with Crippen molar-refractivity contribution in [2.75, 3.05) is 38.5 Å². The van der Waals surface area contributed by atoms with E-state index in [2.05, 4.69) is 15.5 Å². The van der Waals surface area contributed by atoms with Crippen LogP contribution in [0.1, 0.15) is 18.4 Å². The molecule has 1 atom stereocenters. The quantitative estimate of drug-likeness (QED) is 0.518. The van der Waals surface area contributed by atoms with Gasteiger partial charge in [0.05, 0.1) is 28.9 Å². The third kappa shape index (κ3) is 4.93. The van der Waals surface area contributed by atoms with E-state index in [0.29, 0.717) is 11.7 Å². The first kappa shape index (κ1) is 22.7. The van der Waals surface area contributed by atoms with Crippen molar-refractivity contribution in [3.8, 4) is 6.07 Å². The topological polar surface area (TPSA) is 134 Å². The summed E-state index contributed by atoms with van der Waals surface area (Å²) < 4.78 is 34.5. The number of nitrogens with zero attached hydrogens (tertiary/aromatic N) is 7. The third-order valence-electron chi connectivity index (χ3n) is 5.44. The molecule has 170 valence electrons. The number of rotatable bonds is 7. The molecule has 1 amide bonds. The van der Waals surface area contributed by atoms with Gasteiger partial charge in [-0.15, -0.1) is 5.10 Å². The SMILES string of the molecule is N#Cc1ccccc1S(=O)(=O)N1CCN(C(=O)CSc2nnnn2C[C@H]2CCCO2)CC1. The Morgan fingerprint density at radius 1 is 1.25 bits per heavy atom. The van der Waals surface area contributed by atoms with Crippen molar-refractivity contribution in [3.05, 3.63) is 29.8 Å². The van der Waals surface area contributed by atoms with E-state index in [9.17, 15) is 18.5 Å². The maximum atomic E-state index is 12.9. The minimum atomic E-state index is -3.79. The highest BCUT2D eigenvalue weighted by molar-refractivity contribution is 7.99. The van der Waals surface area contributed by atoms with Crippen LogP contribution in [-0.4, -0.2) is 88.4 Å². The van der Waals surface area contributed by atoms with E-state index in [1.54, 1.807) is 21.7 Å². The highest BCUT2D eigenvalue weighted by Gasteiger charge is 2.31. The van der Waals surface area contributed by atoms with E-state index in [1.165, 1.54) is 28.2 Å². The molecule has 2 aliphatic rings. The lowest BCUT2D eigenvalue weighted by Crippen LogP contribution is -2.51. The Morgan fingerprint density at radius 3 is 2.75 bits per heavy atom. The first-order valence-corrected chi connectivity index (χ1v) is 12.7. The second-order valence-corrected chi connectivity index (χ2v) is 10.3. The lowest BCUT2D eigenvalue weighted by Gasteiger charge is -2.34. The van der Waals surface area contributed by atoms with E-state index >= 15 is 0 Å². The maximum absolute atomic E-state index is 12.9. The lowest BCUT2D eigenvalue weighted by atomic mass is 10.2. The molecular formula is C19H23N7O4S2. The molecule has 0 unspecified atom stereocenters. The van der Waals surface area contributed by atoms with E-state index in [-0.39, 0.29) is 54.4 Å². The van der Waals surface area contributed by atoms with Gasteiger partial charge in [0.25, 0.3) is 0 Å². The van der Waals surface area contributed by atoms with Gasteiger partial charge >= 0.3 is 0 Å². The molecule has 3 heterocycles. The number of aromatic nitrogens is 4. The van der Waals surface area contributed by atoms with Gasteiger partial charge in [0.15, 0.2) is 0 Å². The van der Waals surface area contributed by atoms with Gasteiger partial charge in [0.2, 0.25) is 21.1 Å². The molecule has 2 aromatic rings. The van der Waals surface area contributed by atoms with Crippen LogP contribution in [0.2, 0.25) is 0 Å². The summed E-state index contributed by atoms with van der Waals surface area (Å²) in [6.07, 6.45) is 2.08. The Morgan fingerprint density at radius 2 is 2.03 bits per heavy atom. The molecule has 0 saturated carbocycles. The zero-order valence-corrected chi connectivity index (χ0v) is 19.0. The van der Waals surface area contributed by atoms with Gasteiger partial charge in [-0.2, -0.15) is 9.57 Å². The first-order valence-electron chi connectivity index (χ1n) is 10.3. The summed E-state index contributed by atoms with van der Waals surface area (Å²) >= 11 is 1.26. The Hall–Kier alpha value is -2.53. The van der Waals surface area contributed by atoms with Crippen molar-refractivity contribution in [2.45, 2.75) is 35.5 Å². The number of benzene rings is 1. The Bertz CT molecular complexity index is 1100. The number of carbonyl (C=O) groups excluding carboxylic acids is 1. The minimum absolute atomic E-state index is 0.00379. The van der Waals surface area contributed by atoms with Crippen molar-refractivity contribution >= 4 is 27.7 Å². The van der Waals surface area contributed by atoms with Crippen molar-refractivity contribution in [1.82, 2.24) is 29.4 Å². The molecule has 0 aliphatic carbocycles. The number of ether oxygens (including phenoxy) is 1. The van der Waals surface area contributed by atoms with Crippen LogP contribution < -0.4 is 0 Å². The van der Waals surface area contributed by atoms with E-state index in [0.717, 1.165) is 19.4 Å². The third-order valence-corrected chi connectivity index (χ3v) is 8.34. The average molecular weight is 478 g/mol. The van der Waals surface area contributed by atoms with E-state index in [4.69, 9.17) is 4.74 Å². The number of piperazine rings is 1. The summed E-state index contributed by atoms with van der Waals surface area (Å²) in [5, 5.41) is 21.5. The maximum Gasteiger partial charge on any atom is 0.244 e. The molecule has 2 saturated heterocycles. The molecule has 2 fully saturated rings. The average Bonchev–Trinajstić information content (AvgIpc) is 3.50. The standard InChI is InChI=1S/C19H23N7O4S2/c20-12-15-4-1-2-6-17(15)32(28,29)25-9-7-24(8-10-25)18(27)14-31-19-21-22-23-26(19)13-16-5-3-11-30-16/h1-2,4,6,16H,3,5,7-11,13-14H2/t16-/m1/s1. The summed E-state index contributed by atoms with van der Waals surface area (Å²) in [5.41, 5.74) is 0.114. The molecule has 11 nitrogen and oxygen atoms in total. The van der Waals surface area contributed by atoms with Crippen LogP contribution in [0.4, 0.5) is 0 Å². The number of thioether (sulfide) groups is 1. The zero-order valence-electron chi connectivity index (χ0n) is 17.3. The van der Waals surface area contributed by atoms with Crippen molar-refractivity contribution in [2.24, 2.45) is 0 Å². The zero-order chi connectivity index (χ0) is 22.6. The minimum Gasteiger partial charge on any atom is -0.376 e. The number of amides is 1. The van der Waals surface area contributed by atoms with Gasteiger partial charge in [-0.05, 0) is 35.4 Å². The number of sulfonamides is 1. The fourth-order valence-corrected chi connectivity index (χ4v) is 6.07. The summed E-state index contributed by atoms with van der Waals surface area (Å²) in [6.45, 7) is 2.23. The molecule has 1 aromatic heterocycles. The van der Waals surface area contributed by atoms with Crippen LogP contribution in [0, 0.1) is 11.3 Å². The number of nitriles is 1. The Labute approximate surface area is 190 Å². The number of carbonyl (C=O) groups is 1. The van der Waals surface area contributed by atoms with Crippen molar-refractivity contribution < 1.29 is 17.9 Å². The van der Waals surface area contributed by atoms with Gasteiger partial charge in [-0.1, -0.05) is 23.9 Å². The van der Waals surface area contributed by atoms with Crippen molar-refractivity contribution in [1.29, 1.82) is 5.26 Å². The van der Waals surface area contributed by atoms with Crippen LogP contribution in [0.25, 0.3) is 0 Å². The predicted molar refractivity (Wildman–Crippen MR) is 114 cm³/mol. The summed E-state index contributed by atoms with van der Waals surface area (Å²) in [6, 6.07) is 8.06. The second kappa shape index (κ2) is 9.95. The van der Waals surface area contributed by atoms with Gasteiger partial charge in [-0.25, -0.2) is 13.1 Å². The Balaban J connectivity index is 1.31. The Kier molecular flexibility index (Phi) is 7.04. The molecule has 1 aromatic carbocycles. The molecule has 4 rings (SSSR count). The fraction of sp³-hybridized carbons (Fsp3) is 0.526. The van der Waals surface area contributed by atoms with Crippen LogP contribution in [0.15, 0.2) is 34.3 Å². The highest BCUT2D eigenvalue weighted by atomic mass is 32.2. The second-order valence-electron chi connectivity index (χ2n) is 7.46. The molecular weight excluding hydrogens is 454 g/mol. The molecule has 2 aliphatic heterocycles. The van der Waals surface area contributed by atoms with Crippen LogP contribution in [-0.2, 0) is 26.1 Å². The number of tetrazole rings is 1. The smallest absolute Gasteiger partial charge is 0.244 e.